The third kappa shape index (κ3) is 3.97. The van der Waals surface area contributed by atoms with Gasteiger partial charge in [-0.2, -0.15) is 0 Å². The van der Waals surface area contributed by atoms with Crippen LogP contribution in [0.1, 0.15) is 18.4 Å². The van der Waals surface area contributed by atoms with Gasteiger partial charge in [0.05, 0.1) is 0 Å². The molecule has 0 aliphatic carbocycles. The van der Waals surface area contributed by atoms with Crippen molar-refractivity contribution in [1.29, 1.82) is 0 Å². The highest BCUT2D eigenvalue weighted by Gasteiger charge is 2.19. The summed E-state index contributed by atoms with van der Waals surface area (Å²) in [5.74, 6) is 1.11. The van der Waals surface area contributed by atoms with E-state index in [-0.39, 0.29) is 0 Å². The van der Waals surface area contributed by atoms with Crippen LogP contribution in [0.15, 0.2) is 48.7 Å². The third-order valence-electron chi connectivity index (χ3n) is 6.46. The van der Waals surface area contributed by atoms with Crippen molar-refractivity contribution in [2.45, 2.75) is 26.3 Å². The van der Waals surface area contributed by atoms with Gasteiger partial charge >= 0.3 is 0 Å². The highest BCUT2D eigenvalue weighted by molar-refractivity contribution is 5.78. The molecule has 5 heteroatoms. The van der Waals surface area contributed by atoms with Gasteiger partial charge in [-0.05, 0) is 63.2 Å². The number of piperazine rings is 1. The monoisotopic (exact) mass is 389 g/mol. The first-order chi connectivity index (χ1) is 14.3. The summed E-state index contributed by atoms with van der Waals surface area (Å²) in [5.41, 5.74) is 3.77. The number of hydrogen-bond donors (Lipinski definition) is 0. The van der Waals surface area contributed by atoms with Crippen molar-refractivity contribution in [3.05, 3.63) is 54.2 Å². The van der Waals surface area contributed by atoms with Crippen molar-refractivity contribution in [2.24, 2.45) is 0 Å². The quantitative estimate of drug-likeness (QED) is 0.664. The molecule has 2 fully saturated rings. The van der Waals surface area contributed by atoms with Crippen molar-refractivity contribution in [3.63, 3.8) is 0 Å². The van der Waals surface area contributed by atoms with Gasteiger partial charge in [-0.15, -0.1) is 0 Å². The first-order valence-electron chi connectivity index (χ1n) is 11.0. The summed E-state index contributed by atoms with van der Waals surface area (Å²) in [5, 5.41) is 1.24. The lowest BCUT2D eigenvalue weighted by atomic mass is 10.2. The maximum Gasteiger partial charge on any atom is 0.142 e. The standard InChI is InChI=1S/C24H31N5/c1-20-4-7-22(8-5-20)27-16-18-28(19-17-27)23-9-6-21-10-13-29(24(21)25-23)15-14-26-11-2-3-12-26/h4-10,13H,2-3,11-12,14-19H2,1H3. The van der Waals surface area contributed by atoms with Gasteiger partial charge in [-0.1, -0.05) is 17.7 Å². The summed E-state index contributed by atoms with van der Waals surface area (Å²) >= 11 is 0. The van der Waals surface area contributed by atoms with E-state index in [4.69, 9.17) is 4.98 Å². The normalized spacial score (nSPS) is 18.1. The highest BCUT2D eigenvalue weighted by Crippen LogP contribution is 2.23. The second-order valence-corrected chi connectivity index (χ2v) is 8.45. The number of nitrogens with zero attached hydrogens (tertiary/aromatic N) is 5. The number of aryl methyl sites for hydroxylation is 1. The SMILES string of the molecule is Cc1ccc(N2CCN(c3ccc4ccn(CCN5CCCC5)c4n3)CC2)cc1. The number of aromatic nitrogens is 2. The van der Waals surface area contributed by atoms with Crippen LogP contribution in [0.4, 0.5) is 11.5 Å². The second kappa shape index (κ2) is 8.07. The fraction of sp³-hybridized carbons (Fsp3) is 0.458. The zero-order valence-corrected chi connectivity index (χ0v) is 17.4. The van der Waals surface area contributed by atoms with Crippen LogP contribution in [0.2, 0.25) is 0 Å². The van der Waals surface area contributed by atoms with E-state index >= 15 is 0 Å². The Bertz CT molecular complexity index is 947. The largest absolute Gasteiger partial charge is 0.368 e. The van der Waals surface area contributed by atoms with Crippen molar-refractivity contribution < 1.29 is 0 Å². The molecule has 0 spiro atoms. The predicted octanol–water partition coefficient (Wildman–Crippen LogP) is 3.77. The fourth-order valence-corrected chi connectivity index (χ4v) is 4.61. The van der Waals surface area contributed by atoms with E-state index in [1.807, 2.05) is 0 Å². The van der Waals surface area contributed by atoms with Gasteiger partial charge in [0.25, 0.3) is 0 Å². The molecule has 29 heavy (non-hydrogen) atoms. The molecule has 3 aromatic rings. The number of likely N-dealkylation sites (tertiary alicyclic amines) is 1. The Morgan fingerprint density at radius 3 is 2.24 bits per heavy atom. The summed E-state index contributed by atoms with van der Waals surface area (Å²) in [7, 11) is 0. The maximum atomic E-state index is 5.07. The van der Waals surface area contributed by atoms with Crippen LogP contribution in [0.25, 0.3) is 11.0 Å². The molecule has 0 amide bonds. The van der Waals surface area contributed by atoms with Gasteiger partial charge in [0.1, 0.15) is 11.5 Å². The van der Waals surface area contributed by atoms with Gasteiger partial charge in [0.2, 0.25) is 0 Å². The first kappa shape index (κ1) is 18.5. The average Bonchev–Trinajstić information content (AvgIpc) is 3.42. The lowest BCUT2D eigenvalue weighted by molar-refractivity contribution is 0.324. The topological polar surface area (TPSA) is 27.5 Å². The van der Waals surface area contributed by atoms with Crippen molar-refractivity contribution in [2.75, 3.05) is 55.6 Å². The van der Waals surface area contributed by atoms with Crippen LogP contribution < -0.4 is 9.80 Å². The van der Waals surface area contributed by atoms with E-state index < -0.39 is 0 Å². The van der Waals surface area contributed by atoms with Crippen LogP contribution in [-0.2, 0) is 6.54 Å². The minimum atomic E-state index is 1.01. The molecule has 5 rings (SSSR count). The third-order valence-corrected chi connectivity index (χ3v) is 6.46. The van der Waals surface area contributed by atoms with Gasteiger partial charge in [-0.3, -0.25) is 0 Å². The highest BCUT2D eigenvalue weighted by atomic mass is 15.3. The molecule has 2 saturated heterocycles. The first-order valence-corrected chi connectivity index (χ1v) is 11.0. The zero-order chi connectivity index (χ0) is 19.6. The number of hydrogen-bond acceptors (Lipinski definition) is 4. The number of fused-ring (bicyclic) bond motifs is 1. The Labute approximate surface area is 173 Å². The zero-order valence-electron chi connectivity index (χ0n) is 17.4. The van der Waals surface area contributed by atoms with E-state index in [9.17, 15) is 0 Å². The number of benzene rings is 1. The van der Waals surface area contributed by atoms with E-state index in [0.717, 1.165) is 50.7 Å². The molecule has 0 radical (unpaired) electrons. The van der Waals surface area contributed by atoms with Gasteiger partial charge in [0.15, 0.2) is 0 Å². The molecule has 2 aliphatic rings. The van der Waals surface area contributed by atoms with Crippen LogP contribution in [-0.4, -0.2) is 60.3 Å². The minimum absolute atomic E-state index is 1.01. The molecule has 1 aromatic carbocycles. The van der Waals surface area contributed by atoms with Crippen molar-refractivity contribution >= 4 is 22.5 Å². The van der Waals surface area contributed by atoms with Gasteiger partial charge < -0.3 is 19.3 Å². The van der Waals surface area contributed by atoms with Crippen LogP contribution in [0.3, 0.4) is 0 Å². The Morgan fingerprint density at radius 2 is 1.48 bits per heavy atom. The fourth-order valence-electron chi connectivity index (χ4n) is 4.61. The van der Waals surface area contributed by atoms with Crippen molar-refractivity contribution in [1.82, 2.24) is 14.5 Å². The number of rotatable bonds is 5. The van der Waals surface area contributed by atoms with E-state index in [2.05, 4.69) is 74.9 Å². The molecule has 5 nitrogen and oxygen atoms in total. The van der Waals surface area contributed by atoms with E-state index in [0.29, 0.717) is 0 Å². The summed E-state index contributed by atoms with van der Waals surface area (Å²) in [6, 6.07) is 15.5. The number of anilines is 2. The molecule has 2 aliphatic heterocycles. The molecule has 0 atom stereocenters. The molecule has 2 aromatic heterocycles. The molecule has 152 valence electrons. The maximum absolute atomic E-state index is 5.07. The molecule has 0 unspecified atom stereocenters. The number of pyridine rings is 1. The minimum Gasteiger partial charge on any atom is -0.368 e. The summed E-state index contributed by atoms with van der Waals surface area (Å²) in [6.45, 7) is 10.9. The van der Waals surface area contributed by atoms with E-state index in [1.165, 1.54) is 42.6 Å². The smallest absolute Gasteiger partial charge is 0.142 e. The summed E-state index contributed by atoms with van der Waals surface area (Å²) < 4.78 is 2.33. The lowest BCUT2D eigenvalue weighted by Crippen LogP contribution is -2.46. The van der Waals surface area contributed by atoms with Crippen molar-refractivity contribution in [3.8, 4) is 0 Å². The van der Waals surface area contributed by atoms with E-state index in [1.54, 1.807) is 0 Å². The Morgan fingerprint density at radius 1 is 0.759 bits per heavy atom. The molecule has 0 saturated carbocycles. The second-order valence-electron chi connectivity index (χ2n) is 8.45. The Kier molecular flexibility index (Phi) is 5.15. The van der Waals surface area contributed by atoms with Gasteiger partial charge in [-0.25, -0.2) is 4.98 Å². The molecule has 0 bridgehead atoms. The molecule has 4 heterocycles. The Hall–Kier alpha value is -2.53. The molecular weight excluding hydrogens is 358 g/mol. The summed E-state index contributed by atoms with van der Waals surface area (Å²) in [6.07, 6.45) is 4.90. The van der Waals surface area contributed by atoms with Crippen LogP contribution >= 0.6 is 0 Å². The lowest BCUT2D eigenvalue weighted by Gasteiger charge is -2.36. The summed E-state index contributed by atoms with van der Waals surface area (Å²) in [4.78, 5) is 12.5. The van der Waals surface area contributed by atoms with Crippen LogP contribution in [0.5, 0.6) is 0 Å². The van der Waals surface area contributed by atoms with Crippen LogP contribution in [0, 0.1) is 6.92 Å². The Balaban J connectivity index is 1.26. The predicted molar refractivity (Wildman–Crippen MR) is 121 cm³/mol. The average molecular weight is 390 g/mol. The molecular formula is C24H31N5. The molecule has 0 N–H and O–H groups in total. The van der Waals surface area contributed by atoms with Gasteiger partial charge in [0, 0.05) is 56.5 Å².